The summed E-state index contributed by atoms with van der Waals surface area (Å²) in [5.41, 5.74) is 0.402. The highest BCUT2D eigenvalue weighted by Gasteiger charge is 2.33. The lowest BCUT2D eigenvalue weighted by Gasteiger charge is -2.36. The summed E-state index contributed by atoms with van der Waals surface area (Å²) < 4.78 is 13.2. The summed E-state index contributed by atoms with van der Waals surface area (Å²) in [6.45, 7) is 1.13. The molecule has 2 aromatic rings. The first-order valence-electron chi connectivity index (χ1n) is 11.7. The van der Waals surface area contributed by atoms with E-state index in [-0.39, 0.29) is 41.5 Å². The molecule has 1 aromatic carbocycles. The van der Waals surface area contributed by atoms with Crippen LogP contribution in [0.1, 0.15) is 53.8 Å². The van der Waals surface area contributed by atoms with Gasteiger partial charge in [0.2, 0.25) is 11.8 Å². The van der Waals surface area contributed by atoms with Crippen LogP contribution in [-0.2, 0) is 16.0 Å². The first-order chi connectivity index (χ1) is 16.0. The van der Waals surface area contributed by atoms with Crippen LogP contribution in [-0.4, -0.2) is 47.8 Å². The van der Waals surface area contributed by atoms with Crippen LogP contribution in [0.15, 0.2) is 41.8 Å². The zero-order valence-corrected chi connectivity index (χ0v) is 19.4. The fourth-order valence-electron chi connectivity index (χ4n) is 4.72. The van der Waals surface area contributed by atoms with Crippen molar-refractivity contribution in [1.82, 2.24) is 15.5 Å². The van der Waals surface area contributed by atoms with E-state index in [1.54, 1.807) is 11.3 Å². The van der Waals surface area contributed by atoms with Gasteiger partial charge in [0.15, 0.2) is 0 Å². The Bertz CT molecular complexity index is 964. The van der Waals surface area contributed by atoms with Crippen LogP contribution in [0.3, 0.4) is 0 Å². The minimum atomic E-state index is -0.384. The van der Waals surface area contributed by atoms with Gasteiger partial charge in [-0.15, -0.1) is 11.3 Å². The lowest BCUT2D eigenvalue weighted by molar-refractivity contribution is -0.135. The van der Waals surface area contributed by atoms with Gasteiger partial charge >= 0.3 is 0 Å². The molecule has 0 radical (unpaired) electrons. The lowest BCUT2D eigenvalue weighted by atomic mass is 9.88. The van der Waals surface area contributed by atoms with Gasteiger partial charge in [-0.05, 0) is 61.4 Å². The molecule has 33 heavy (non-hydrogen) atoms. The van der Waals surface area contributed by atoms with Crippen LogP contribution >= 0.6 is 11.3 Å². The second kappa shape index (κ2) is 10.9. The van der Waals surface area contributed by atoms with Crippen molar-refractivity contribution in [3.8, 4) is 0 Å². The Balaban J connectivity index is 1.33. The molecule has 6 nitrogen and oxygen atoms in total. The number of thiophene rings is 1. The van der Waals surface area contributed by atoms with Crippen LogP contribution in [0.2, 0.25) is 0 Å². The first kappa shape index (κ1) is 23.4. The Morgan fingerprint density at radius 2 is 1.70 bits per heavy atom. The Hall–Kier alpha value is -2.74. The van der Waals surface area contributed by atoms with Gasteiger partial charge in [0.1, 0.15) is 5.82 Å². The average Bonchev–Trinajstić information content (AvgIpc) is 3.34. The van der Waals surface area contributed by atoms with Crippen LogP contribution < -0.4 is 10.6 Å². The van der Waals surface area contributed by atoms with Crippen molar-refractivity contribution in [1.29, 1.82) is 0 Å². The van der Waals surface area contributed by atoms with E-state index in [2.05, 4.69) is 10.6 Å². The van der Waals surface area contributed by atoms with E-state index in [0.29, 0.717) is 25.1 Å². The number of halogens is 1. The van der Waals surface area contributed by atoms with Crippen LogP contribution in [0, 0.1) is 11.7 Å². The zero-order valence-electron chi connectivity index (χ0n) is 18.6. The van der Waals surface area contributed by atoms with Gasteiger partial charge in [-0.25, -0.2) is 4.39 Å². The van der Waals surface area contributed by atoms with Gasteiger partial charge in [-0.2, -0.15) is 0 Å². The second-order valence-corrected chi connectivity index (χ2v) is 9.95. The van der Waals surface area contributed by atoms with Crippen molar-refractivity contribution in [2.75, 3.05) is 13.1 Å². The van der Waals surface area contributed by atoms with Crippen LogP contribution in [0.4, 0.5) is 4.39 Å². The number of carbonyl (C=O) groups is 3. The molecule has 2 fully saturated rings. The molecule has 3 amide bonds. The largest absolute Gasteiger partial charge is 0.351 e. The molecule has 2 heterocycles. The molecule has 1 aliphatic heterocycles. The van der Waals surface area contributed by atoms with E-state index in [0.717, 1.165) is 43.4 Å². The summed E-state index contributed by atoms with van der Waals surface area (Å²) in [6, 6.07) is 9.05. The van der Waals surface area contributed by atoms with E-state index in [9.17, 15) is 18.8 Å². The zero-order chi connectivity index (χ0) is 23.2. The predicted molar refractivity (Wildman–Crippen MR) is 125 cm³/mol. The molecule has 0 bridgehead atoms. The van der Waals surface area contributed by atoms with Gasteiger partial charge in [-0.3, -0.25) is 14.4 Å². The van der Waals surface area contributed by atoms with E-state index in [1.165, 1.54) is 24.3 Å². The number of hydrogen-bond donors (Lipinski definition) is 2. The molecule has 176 valence electrons. The minimum Gasteiger partial charge on any atom is -0.351 e. The van der Waals surface area contributed by atoms with Gasteiger partial charge in [0, 0.05) is 35.6 Å². The predicted octanol–water partition coefficient (Wildman–Crippen LogP) is 3.53. The number of carbonyl (C=O) groups excluding carboxylic acids is 3. The fourth-order valence-corrected chi connectivity index (χ4v) is 5.42. The summed E-state index contributed by atoms with van der Waals surface area (Å²) >= 11 is 1.57. The summed E-state index contributed by atoms with van der Waals surface area (Å²) in [5.74, 6) is -0.857. The van der Waals surface area contributed by atoms with Crippen molar-refractivity contribution < 1.29 is 18.8 Å². The number of nitrogens with zero attached hydrogens (tertiary/aromatic N) is 1. The maximum absolute atomic E-state index is 13.2. The Labute approximate surface area is 197 Å². The second-order valence-electron chi connectivity index (χ2n) is 8.92. The van der Waals surface area contributed by atoms with E-state index in [4.69, 9.17) is 0 Å². The molecular weight excluding hydrogens is 441 g/mol. The molecule has 0 spiro atoms. The van der Waals surface area contributed by atoms with E-state index >= 15 is 0 Å². The standard InChI is InChI=1S/C25H30FN3O3S/c26-19-11-9-17(10-12-19)24(31)27-21-7-1-2-8-22(21)28-25(32)18-5-3-13-29(16-18)23(30)15-20-6-4-14-33-20/h4,6,9-12,14,18,21-22H,1-3,5,7-8,13,15-16H2,(H,27,31)(H,28,32)/t18?,21-,22-/m1/s1. The number of benzene rings is 1. The van der Waals surface area contributed by atoms with Gasteiger partial charge in [-0.1, -0.05) is 18.9 Å². The smallest absolute Gasteiger partial charge is 0.251 e. The number of rotatable bonds is 6. The third-order valence-corrected chi connectivity index (χ3v) is 7.44. The third-order valence-electron chi connectivity index (χ3n) is 6.57. The molecule has 1 aromatic heterocycles. The highest BCUT2D eigenvalue weighted by Crippen LogP contribution is 2.23. The Kier molecular flexibility index (Phi) is 7.75. The highest BCUT2D eigenvalue weighted by atomic mass is 32.1. The maximum atomic E-state index is 13.2. The summed E-state index contributed by atoms with van der Waals surface area (Å²) in [5, 5.41) is 8.15. The molecular formula is C25H30FN3O3S. The minimum absolute atomic E-state index is 0.0449. The Morgan fingerprint density at radius 1 is 0.970 bits per heavy atom. The number of amides is 3. The number of piperidine rings is 1. The van der Waals surface area contributed by atoms with E-state index < -0.39 is 0 Å². The van der Waals surface area contributed by atoms with Crippen molar-refractivity contribution in [3.05, 3.63) is 58.0 Å². The molecule has 1 saturated heterocycles. The monoisotopic (exact) mass is 471 g/mol. The van der Waals surface area contributed by atoms with Crippen molar-refractivity contribution in [3.63, 3.8) is 0 Å². The molecule has 4 rings (SSSR count). The summed E-state index contributed by atoms with van der Waals surface area (Å²) in [7, 11) is 0. The molecule has 2 N–H and O–H groups in total. The van der Waals surface area contributed by atoms with Crippen molar-refractivity contribution in [2.24, 2.45) is 5.92 Å². The Morgan fingerprint density at radius 3 is 2.39 bits per heavy atom. The quantitative estimate of drug-likeness (QED) is 0.677. The average molecular weight is 472 g/mol. The van der Waals surface area contributed by atoms with Crippen molar-refractivity contribution in [2.45, 2.75) is 57.0 Å². The molecule has 1 unspecified atom stereocenters. The van der Waals surface area contributed by atoms with Gasteiger partial charge < -0.3 is 15.5 Å². The van der Waals surface area contributed by atoms with E-state index in [1.807, 2.05) is 22.4 Å². The summed E-state index contributed by atoms with van der Waals surface area (Å²) in [6.07, 6.45) is 5.50. The summed E-state index contributed by atoms with van der Waals surface area (Å²) in [4.78, 5) is 41.2. The lowest BCUT2D eigenvalue weighted by Crippen LogP contribution is -2.55. The van der Waals surface area contributed by atoms with Gasteiger partial charge in [0.05, 0.1) is 12.3 Å². The van der Waals surface area contributed by atoms with Gasteiger partial charge in [0.25, 0.3) is 5.91 Å². The fraction of sp³-hybridized carbons (Fsp3) is 0.480. The maximum Gasteiger partial charge on any atom is 0.251 e. The van der Waals surface area contributed by atoms with Crippen LogP contribution in [0.25, 0.3) is 0 Å². The SMILES string of the molecule is O=C(N[C@@H]1CCCC[C@H]1NC(=O)C1CCCN(C(=O)Cc2cccs2)C1)c1ccc(F)cc1. The third kappa shape index (κ3) is 6.19. The van der Waals surface area contributed by atoms with Crippen molar-refractivity contribution >= 4 is 29.1 Å². The number of likely N-dealkylation sites (tertiary alicyclic amines) is 1. The number of hydrogen-bond acceptors (Lipinski definition) is 4. The normalized spacial score (nSPS) is 23.1. The molecule has 1 saturated carbocycles. The molecule has 1 aliphatic carbocycles. The topological polar surface area (TPSA) is 78.5 Å². The number of nitrogens with one attached hydrogen (secondary N) is 2. The first-order valence-corrected chi connectivity index (χ1v) is 12.5. The highest BCUT2D eigenvalue weighted by molar-refractivity contribution is 7.10. The molecule has 2 aliphatic rings. The molecule has 3 atom stereocenters. The van der Waals surface area contributed by atoms with Crippen LogP contribution in [0.5, 0.6) is 0 Å². The molecule has 8 heteroatoms.